The van der Waals surface area contributed by atoms with Gasteiger partial charge in [-0.15, -0.1) is 0 Å². The smallest absolute Gasteiger partial charge is 0.253 e. The fraction of sp³-hybridized carbons (Fsp3) is 0.261. The normalized spacial score (nSPS) is 14.9. The van der Waals surface area contributed by atoms with Crippen molar-refractivity contribution < 1.29 is 13.2 Å². The van der Waals surface area contributed by atoms with Crippen LogP contribution in [-0.2, 0) is 16.6 Å². The lowest BCUT2D eigenvalue weighted by Crippen LogP contribution is -2.29. The van der Waals surface area contributed by atoms with Crippen molar-refractivity contribution in [3.63, 3.8) is 0 Å². The van der Waals surface area contributed by atoms with Crippen LogP contribution in [-0.4, -0.2) is 43.7 Å². The SMILES string of the molecule is CN(Cc1ccc2ccccc2c1)C(=O)c1cccc(S(=O)(=O)N2CCCC2)c1. The first-order valence-corrected chi connectivity index (χ1v) is 11.2. The van der Waals surface area contributed by atoms with Crippen LogP contribution in [0.25, 0.3) is 10.8 Å². The molecule has 4 rings (SSSR count). The monoisotopic (exact) mass is 408 g/mol. The third kappa shape index (κ3) is 4.04. The number of hydrogen-bond donors (Lipinski definition) is 0. The largest absolute Gasteiger partial charge is 0.337 e. The van der Waals surface area contributed by atoms with Crippen molar-refractivity contribution in [1.82, 2.24) is 9.21 Å². The maximum Gasteiger partial charge on any atom is 0.253 e. The van der Waals surface area contributed by atoms with Crippen LogP contribution in [0, 0.1) is 0 Å². The number of nitrogens with zero attached hydrogens (tertiary/aromatic N) is 2. The predicted octanol–water partition coefficient (Wildman–Crippen LogP) is 3.90. The first-order valence-electron chi connectivity index (χ1n) is 9.78. The van der Waals surface area contributed by atoms with Crippen molar-refractivity contribution in [2.75, 3.05) is 20.1 Å². The molecule has 0 atom stereocenters. The van der Waals surface area contributed by atoms with Gasteiger partial charge in [-0.25, -0.2) is 8.42 Å². The molecule has 1 aliphatic heterocycles. The van der Waals surface area contributed by atoms with Crippen molar-refractivity contribution in [3.8, 4) is 0 Å². The van der Waals surface area contributed by atoms with Gasteiger partial charge >= 0.3 is 0 Å². The number of fused-ring (bicyclic) bond motifs is 1. The van der Waals surface area contributed by atoms with Gasteiger partial charge < -0.3 is 4.90 Å². The van der Waals surface area contributed by atoms with Gasteiger partial charge in [-0.3, -0.25) is 4.79 Å². The molecule has 1 fully saturated rings. The topological polar surface area (TPSA) is 57.7 Å². The molecule has 6 heteroatoms. The number of benzene rings is 3. The summed E-state index contributed by atoms with van der Waals surface area (Å²) in [6.07, 6.45) is 1.76. The zero-order valence-corrected chi connectivity index (χ0v) is 17.2. The van der Waals surface area contributed by atoms with E-state index in [2.05, 4.69) is 12.1 Å². The van der Waals surface area contributed by atoms with Crippen LogP contribution in [0.5, 0.6) is 0 Å². The van der Waals surface area contributed by atoms with E-state index in [-0.39, 0.29) is 10.8 Å². The van der Waals surface area contributed by atoms with Crippen LogP contribution in [0.3, 0.4) is 0 Å². The van der Waals surface area contributed by atoms with Crippen molar-refractivity contribution in [2.45, 2.75) is 24.3 Å². The Balaban J connectivity index is 1.54. The lowest BCUT2D eigenvalue weighted by Gasteiger charge is -2.19. The second-order valence-electron chi connectivity index (χ2n) is 7.48. The summed E-state index contributed by atoms with van der Waals surface area (Å²) in [6, 6.07) is 20.6. The molecule has 0 radical (unpaired) electrons. The molecule has 0 saturated carbocycles. The quantitative estimate of drug-likeness (QED) is 0.643. The van der Waals surface area contributed by atoms with E-state index in [9.17, 15) is 13.2 Å². The molecule has 5 nitrogen and oxygen atoms in total. The summed E-state index contributed by atoms with van der Waals surface area (Å²) in [6.45, 7) is 1.54. The molecular formula is C23H24N2O3S. The number of amides is 1. The van der Waals surface area contributed by atoms with Crippen molar-refractivity contribution in [1.29, 1.82) is 0 Å². The van der Waals surface area contributed by atoms with E-state index in [1.807, 2.05) is 30.3 Å². The minimum Gasteiger partial charge on any atom is -0.337 e. The zero-order chi connectivity index (χ0) is 20.4. The highest BCUT2D eigenvalue weighted by Gasteiger charge is 2.27. The molecule has 1 aliphatic rings. The molecule has 150 valence electrons. The first-order chi connectivity index (χ1) is 13.9. The summed E-state index contributed by atoms with van der Waals surface area (Å²) >= 11 is 0. The van der Waals surface area contributed by atoms with Crippen LogP contribution in [0.1, 0.15) is 28.8 Å². The predicted molar refractivity (Wildman–Crippen MR) is 114 cm³/mol. The number of rotatable bonds is 5. The molecule has 0 spiro atoms. The van der Waals surface area contributed by atoms with Gasteiger partial charge in [-0.2, -0.15) is 4.31 Å². The van der Waals surface area contributed by atoms with Crippen LogP contribution in [0.15, 0.2) is 71.6 Å². The maximum absolute atomic E-state index is 12.9. The second-order valence-corrected chi connectivity index (χ2v) is 9.42. The molecule has 0 bridgehead atoms. The minimum absolute atomic E-state index is 0.185. The Morgan fingerprint density at radius 3 is 2.41 bits per heavy atom. The minimum atomic E-state index is -3.54. The fourth-order valence-electron chi connectivity index (χ4n) is 3.77. The van der Waals surface area contributed by atoms with E-state index < -0.39 is 10.0 Å². The number of sulfonamides is 1. The van der Waals surface area contributed by atoms with Gasteiger partial charge in [0.2, 0.25) is 10.0 Å². The Morgan fingerprint density at radius 2 is 1.66 bits per heavy atom. The highest BCUT2D eigenvalue weighted by Crippen LogP contribution is 2.22. The van der Waals surface area contributed by atoms with Crippen molar-refractivity contribution in [3.05, 3.63) is 77.9 Å². The lowest BCUT2D eigenvalue weighted by atomic mass is 10.1. The van der Waals surface area contributed by atoms with E-state index in [0.29, 0.717) is 25.2 Å². The summed E-state index contributed by atoms with van der Waals surface area (Å²) in [5, 5.41) is 2.29. The third-order valence-corrected chi connectivity index (χ3v) is 7.26. The molecule has 29 heavy (non-hydrogen) atoms. The average molecular weight is 409 g/mol. The third-order valence-electron chi connectivity index (χ3n) is 5.36. The summed E-state index contributed by atoms with van der Waals surface area (Å²) in [4.78, 5) is 14.7. The van der Waals surface area contributed by atoms with Gasteiger partial charge in [0.05, 0.1) is 4.90 Å². The molecular weight excluding hydrogens is 384 g/mol. The molecule has 1 saturated heterocycles. The van der Waals surface area contributed by atoms with Crippen molar-refractivity contribution >= 4 is 26.7 Å². The van der Waals surface area contributed by atoms with E-state index in [1.165, 1.54) is 10.4 Å². The lowest BCUT2D eigenvalue weighted by molar-refractivity contribution is 0.0785. The highest BCUT2D eigenvalue weighted by molar-refractivity contribution is 7.89. The maximum atomic E-state index is 12.9. The Morgan fingerprint density at radius 1 is 0.931 bits per heavy atom. The summed E-state index contributed by atoms with van der Waals surface area (Å²) < 4.78 is 27.1. The van der Waals surface area contributed by atoms with Crippen LogP contribution in [0.4, 0.5) is 0 Å². The average Bonchev–Trinajstić information content (AvgIpc) is 3.29. The van der Waals surface area contributed by atoms with Gasteiger partial charge in [0.1, 0.15) is 0 Å². The van der Waals surface area contributed by atoms with Gasteiger partial charge in [0, 0.05) is 32.2 Å². The molecule has 0 unspecified atom stereocenters. The molecule has 0 N–H and O–H groups in total. The molecule has 1 heterocycles. The van der Waals surface area contributed by atoms with Gasteiger partial charge in [0.25, 0.3) is 5.91 Å². The summed E-state index contributed by atoms with van der Waals surface area (Å²) in [5.74, 6) is -0.198. The number of hydrogen-bond acceptors (Lipinski definition) is 3. The molecule has 3 aromatic rings. The highest BCUT2D eigenvalue weighted by atomic mass is 32.2. The first kappa shape index (κ1) is 19.6. The molecule has 1 amide bonds. The standard InChI is InChI=1S/C23H24N2O3S/c1-24(17-18-11-12-19-7-2-3-8-20(19)15-18)23(26)21-9-6-10-22(16-21)29(27,28)25-13-4-5-14-25/h2-3,6-12,15-16H,4-5,13-14,17H2,1H3. The van der Waals surface area contributed by atoms with Crippen LogP contribution in [0.2, 0.25) is 0 Å². The van der Waals surface area contributed by atoms with E-state index >= 15 is 0 Å². The van der Waals surface area contributed by atoms with Crippen LogP contribution < -0.4 is 0 Å². The Bertz CT molecular complexity index is 1150. The van der Waals surface area contributed by atoms with Crippen molar-refractivity contribution in [2.24, 2.45) is 0 Å². The Labute approximate surface area is 171 Å². The van der Waals surface area contributed by atoms with E-state index in [0.717, 1.165) is 29.2 Å². The Kier molecular flexibility index (Phi) is 5.39. The van der Waals surface area contributed by atoms with E-state index in [4.69, 9.17) is 0 Å². The second kappa shape index (κ2) is 7.97. The van der Waals surface area contributed by atoms with Gasteiger partial charge in [0.15, 0.2) is 0 Å². The Hall–Kier alpha value is -2.70. The molecule has 0 aromatic heterocycles. The zero-order valence-electron chi connectivity index (χ0n) is 16.4. The van der Waals surface area contributed by atoms with E-state index in [1.54, 1.807) is 30.1 Å². The summed E-state index contributed by atoms with van der Waals surface area (Å²) in [7, 11) is -1.81. The summed E-state index contributed by atoms with van der Waals surface area (Å²) in [5.41, 5.74) is 1.41. The number of carbonyl (C=O) groups excluding carboxylic acids is 1. The van der Waals surface area contributed by atoms with Gasteiger partial charge in [-0.1, -0.05) is 42.5 Å². The number of carbonyl (C=O) groups is 1. The fourth-order valence-corrected chi connectivity index (χ4v) is 5.33. The molecule has 3 aromatic carbocycles. The van der Waals surface area contributed by atoms with Gasteiger partial charge in [-0.05, 0) is 53.4 Å². The molecule has 0 aliphatic carbocycles. The van der Waals surface area contributed by atoms with Crippen LogP contribution >= 0.6 is 0 Å².